The number of hydrogen-bond donors (Lipinski definition) is 3. The number of anilines is 2. The highest BCUT2D eigenvalue weighted by atomic mass is 15.1. The summed E-state index contributed by atoms with van der Waals surface area (Å²) in [6.45, 7) is 0.579. The molecule has 0 atom stereocenters. The molecule has 0 saturated heterocycles. The van der Waals surface area contributed by atoms with Crippen LogP contribution >= 0.6 is 0 Å². The van der Waals surface area contributed by atoms with E-state index >= 15 is 0 Å². The van der Waals surface area contributed by atoms with Gasteiger partial charge >= 0.3 is 0 Å². The molecule has 112 valence electrons. The first-order valence-electron chi connectivity index (χ1n) is 7.27. The first-order chi connectivity index (χ1) is 10.6. The largest absolute Gasteiger partial charge is 0.368 e. The van der Waals surface area contributed by atoms with Gasteiger partial charge in [0.2, 0.25) is 5.95 Å². The molecule has 1 heterocycles. The zero-order valence-electron chi connectivity index (χ0n) is 12.2. The maximum Gasteiger partial charge on any atom is 0.222 e. The molecule has 2 aromatic rings. The van der Waals surface area contributed by atoms with Crippen molar-refractivity contribution >= 4 is 11.8 Å². The lowest BCUT2D eigenvalue weighted by Gasteiger charge is -2.32. The molecule has 0 radical (unpaired) electrons. The summed E-state index contributed by atoms with van der Waals surface area (Å²) in [5.74, 6) is 1.35. The Morgan fingerprint density at radius 2 is 2.09 bits per heavy atom. The number of hydrogen-bond acceptors (Lipinski definition) is 6. The summed E-state index contributed by atoms with van der Waals surface area (Å²) < 4.78 is 0. The van der Waals surface area contributed by atoms with Gasteiger partial charge in [-0.2, -0.15) is 10.2 Å². The molecular formula is C16H18N6. The van der Waals surface area contributed by atoms with E-state index in [-0.39, 0.29) is 12.0 Å². The molecule has 6 nitrogen and oxygen atoms in total. The number of nitrogens with two attached hydrogens (primary N) is 2. The second-order valence-electron chi connectivity index (χ2n) is 5.63. The van der Waals surface area contributed by atoms with Crippen LogP contribution in [0.5, 0.6) is 0 Å². The smallest absolute Gasteiger partial charge is 0.222 e. The van der Waals surface area contributed by atoms with Gasteiger partial charge in [-0.1, -0.05) is 12.1 Å². The van der Waals surface area contributed by atoms with Crippen molar-refractivity contribution in [2.45, 2.75) is 31.3 Å². The number of nitrogens with zero attached hydrogens (tertiary/aromatic N) is 3. The molecule has 1 fully saturated rings. The van der Waals surface area contributed by atoms with Gasteiger partial charge in [0.05, 0.1) is 17.3 Å². The van der Waals surface area contributed by atoms with E-state index in [1.807, 2.05) is 24.3 Å². The minimum absolute atomic E-state index is 0.270. The Balaban J connectivity index is 1.71. The van der Waals surface area contributed by atoms with Gasteiger partial charge in [0.25, 0.3) is 0 Å². The summed E-state index contributed by atoms with van der Waals surface area (Å²) in [4.78, 5) is 8.51. The van der Waals surface area contributed by atoms with Crippen LogP contribution in [0.15, 0.2) is 30.3 Å². The third kappa shape index (κ3) is 3.15. The zero-order valence-corrected chi connectivity index (χ0v) is 12.2. The minimum Gasteiger partial charge on any atom is -0.368 e. The molecule has 0 amide bonds. The standard InChI is InChI=1S/C16H18N6/c17-8-10-2-1-3-11(4-10)9-20-15-7-14(21-16(19)22-15)12-5-13(18)6-12/h1-4,7,12-13H,5-6,9,18H2,(H3,19,20,21,22). The normalized spacial score (nSPS) is 20.0. The maximum absolute atomic E-state index is 8.92. The second-order valence-corrected chi connectivity index (χ2v) is 5.63. The molecule has 1 aromatic carbocycles. The van der Waals surface area contributed by atoms with Crippen molar-refractivity contribution in [2.24, 2.45) is 5.73 Å². The van der Waals surface area contributed by atoms with Crippen LogP contribution in [0.4, 0.5) is 11.8 Å². The molecule has 22 heavy (non-hydrogen) atoms. The summed E-state index contributed by atoms with van der Waals surface area (Å²) in [7, 11) is 0. The van der Waals surface area contributed by atoms with Gasteiger partial charge in [-0.05, 0) is 30.5 Å². The molecule has 0 aliphatic heterocycles. The zero-order chi connectivity index (χ0) is 15.5. The van der Waals surface area contributed by atoms with Gasteiger partial charge in [-0.25, -0.2) is 4.98 Å². The van der Waals surface area contributed by atoms with Crippen molar-refractivity contribution in [1.82, 2.24) is 9.97 Å². The Morgan fingerprint density at radius 3 is 2.82 bits per heavy atom. The highest BCUT2D eigenvalue weighted by Crippen LogP contribution is 2.35. The summed E-state index contributed by atoms with van der Waals surface area (Å²) >= 11 is 0. The maximum atomic E-state index is 8.92. The van der Waals surface area contributed by atoms with Crippen LogP contribution in [0, 0.1) is 11.3 Å². The van der Waals surface area contributed by atoms with E-state index in [9.17, 15) is 0 Å². The quantitative estimate of drug-likeness (QED) is 0.791. The van der Waals surface area contributed by atoms with Crippen LogP contribution in [0.25, 0.3) is 0 Å². The summed E-state index contributed by atoms with van der Waals surface area (Å²) in [5.41, 5.74) is 14.2. The second kappa shape index (κ2) is 6.00. The SMILES string of the molecule is N#Cc1cccc(CNc2cc(C3CC(N)C3)nc(N)n2)c1. The van der Waals surface area contributed by atoms with Crippen LogP contribution < -0.4 is 16.8 Å². The Morgan fingerprint density at radius 1 is 1.27 bits per heavy atom. The van der Waals surface area contributed by atoms with E-state index in [0.29, 0.717) is 23.8 Å². The number of nitrogens with one attached hydrogen (secondary N) is 1. The van der Waals surface area contributed by atoms with Crippen molar-refractivity contribution in [3.05, 3.63) is 47.2 Å². The average molecular weight is 294 g/mol. The van der Waals surface area contributed by atoms with Gasteiger partial charge in [0.1, 0.15) is 5.82 Å². The third-order valence-electron chi connectivity index (χ3n) is 3.89. The monoisotopic (exact) mass is 294 g/mol. The molecule has 1 aromatic heterocycles. The van der Waals surface area contributed by atoms with Crippen molar-refractivity contribution < 1.29 is 0 Å². The fourth-order valence-corrected chi connectivity index (χ4v) is 2.63. The Kier molecular flexibility index (Phi) is 3.90. The topological polar surface area (TPSA) is 114 Å². The van der Waals surface area contributed by atoms with Crippen LogP contribution in [0.1, 0.15) is 35.6 Å². The highest BCUT2D eigenvalue weighted by molar-refractivity contribution is 5.43. The van der Waals surface area contributed by atoms with Gasteiger partial charge in [-0.15, -0.1) is 0 Å². The number of benzene rings is 1. The molecular weight excluding hydrogens is 276 g/mol. The molecule has 6 heteroatoms. The molecule has 0 spiro atoms. The predicted molar refractivity (Wildman–Crippen MR) is 84.9 cm³/mol. The van der Waals surface area contributed by atoms with E-state index in [1.54, 1.807) is 6.07 Å². The molecule has 3 rings (SSSR count). The lowest BCUT2D eigenvalue weighted by atomic mass is 9.78. The van der Waals surface area contributed by atoms with Gasteiger partial charge in [0, 0.05) is 24.6 Å². The molecule has 5 N–H and O–H groups in total. The van der Waals surface area contributed by atoms with E-state index in [4.69, 9.17) is 16.7 Å². The van der Waals surface area contributed by atoms with Crippen molar-refractivity contribution in [1.29, 1.82) is 5.26 Å². The molecule has 1 saturated carbocycles. The summed E-state index contributed by atoms with van der Waals surface area (Å²) in [6.07, 6.45) is 1.89. The number of rotatable bonds is 4. The van der Waals surface area contributed by atoms with E-state index < -0.39 is 0 Å². The Hall–Kier alpha value is -2.65. The highest BCUT2D eigenvalue weighted by Gasteiger charge is 2.29. The van der Waals surface area contributed by atoms with Gasteiger partial charge < -0.3 is 16.8 Å². The lowest BCUT2D eigenvalue weighted by molar-refractivity contribution is 0.345. The molecule has 0 unspecified atom stereocenters. The van der Waals surface area contributed by atoms with E-state index in [2.05, 4.69) is 21.4 Å². The van der Waals surface area contributed by atoms with Gasteiger partial charge in [-0.3, -0.25) is 0 Å². The summed E-state index contributed by atoms with van der Waals surface area (Å²) in [6, 6.07) is 11.8. The van der Waals surface area contributed by atoms with E-state index in [1.165, 1.54) is 0 Å². The fraction of sp³-hybridized carbons (Fsp3) is 0.312. The summed E-state index contributed by atoms with van der Waals surface area (Å²) in [5, 5.41) is 12.2. The van der Waals surface area contributed by atoms with Crippen LogP contribution in [0.2, 0.25) is 0 Å². The lowest BCUT2D eigenvalue weighted by Crippen LogP contribution is -2.35. The van der Waals surface area contributed by atoms with Gasteiger partial charge in [0.15, 0.2) is 0 Å². The van der Waals surface area contributed by atoms with Crippen LogP contribution in [-0.2, 0) is 6.54 Å². The van der Waals surface area contributed by atoms with Crippen molar-refractivity contribution in [3.63, 3.8) is 0 Å². The fourth-order valence-electron chi connectivity index (χ4n) is 2.63. The molecule has 1 aliphatic carbocycles. The minimum atomic E-state index is 0.270. The first kappa shape index (κ1) is 14.3. The molecule has 1 aliphatic rings. The Labute approximate surface area is 129 Å². The average Bonchev–Trinajstić information content (AvgIpc) is 2.49. The van der Waals surface area contributed by atoms with Crippen LogP contribution in [0.3, 0.4) is 0 Å². The first-order valence-corrected chi connectivity index (χ1v) is 7.27. The molecule has 0 bridgehead atoms. The number of aromatic nitrogens is 2. The van der Waals surface area contributed by atoms with Crippen molar-refractivity contribution in [2.75, 3.05) is 11.1 Å². The Bertz CT molecular complexity index is 715. The van der Waals surface area contributed by atoms with Crippen LogP contribution in [-0.4, -0.2) is 16.0 Å². The third-order valence-corrected chi connectivity index (χ3v) is 3.89. The predicted octanol–water partition coefficient (Wildman–Crippen LogP) is 1.75. The van der Waals surface area contributed by atoms with Crippen molar-refractivity contribution in [3.8, 4) is 6.07 Å². The number of nitriles is 1. The number of nitrogen functional groups attached to an aromatic ring is 1. The van der Waals surface area contributed by atoms with E-state index in [0.717, 1.165) is 24.1 Å².